The molecule has 0 aromatic heterocycles. The van der Waals surface area contributed by atoms with Crippen LogP contribution in [0.3, 0.4) is 0 Å². The Labute approximate surface area is 235 Å². The van der Waals surface area contributed by atoms with Gasteiger partial charge in [0.1, 0.15) is 6.10 Å². The van der Waals surface area contributed by atoms with E-state index in [4.69, 9.17) is 9.47 Å². The van der Waals surface area contributed by atoms with Crippen LogP contribution in [0.4, 0.5) is 0 Å². The summed E-state index contributed by atoms with van der Waals surface area (Å²) in [6, 6.07) is 0. The van der Waals surface area contributed by atoms with Crippen molar-refractivity contribution in [3.63, 3.8) is 0 Å². The van der Waals surface area contributed by atoms with Crippen molar-refractivity contribution in [3.05, 3.63) is 60.8 Å². The van der Waals surface area contributed by atoms with Gasteiger partial charge in [0.25, 0.3) is 0 Å². The van der Waals surface area contributed by atoms with Crippen LogP contribution in [-0.4, -0.2) is 37.0 Å². The van der Waals surface area contributed by atoms with Crippen molar-refractivity contribution < 1.29 is 19.4 Å². The first-order chi connectivity index (χ1) is 18.7. The number of hydrogen-bond donors (Lipinski definition) is 1. The minimum Gasteiger partial charge on any atom is -0.457 e. The van der Waals surface area contributed by atoms with E-state index in [1.54, 1.807) is 0 Å². The number of carbonyl (C=O) groups is 1. The van der Waals surface area contributed by atoms with Gasteiger partial charge < -0.3 is 14.6 Å². The molecule has 1 N–H and O–H groups in total. The molecule has 0 saturated carbocycles. The lowest BCUT2D eigenvalue weighted by atomic mass is 10.1. The third-order valence-electron chi connectivity index (χ3n) is 6.11. The van der Waals surface area contributed by atoms with E-state index in [-0.39, 0.29) is 19.2 Å². The standard InChI is InChI=1S/C34H58O4/c1-3-5-7-9-11-13-14-15-16-17-18-19-20-21-23-25-27-29-34(36)38-33(31-35)32-37-30-28-26-24-22-12-10-8-6-4-2/h5,7,11,13,15-16,18-19,21,23,33,35H,3-4,6,8-10,12,14,17,20,22,24-32H2,1-2H3/b7-5-,13-11-,16-15-,19-18-,23-21-. The fourth-order valence-electron chi connectivity index (χ4n) is 3.83. The van der Waals surface area contributed by atoms with Gasteiger partial charge in [0.15, 0.2) is 0 Å². The lowest BCUT2D eigenvalue weighted by Crippen LogP contribution is -2.27. The number of aliphatic hydroxyl groups is 1. The zero-order valence-electron chi connectivity index (χ0n) is 24.7. The molecule has 38 heavy (non-hydrogen) atoms. The molecule has 218 valence electrons. The van der Waals surface area contributed by atoms with E-state index in [0.717, 1.165) is 51.4 Å². The minimum absolute atomic E-state index is 0.196. The van der Waals surface area contributed by atoms with Crippen molar-refractivity contribution in [2.75, 3.05) is 19.8 Å². The third kappa shape index (κ3) is 28.7. The second-order valence-electron chi connectivity index (χ2n) is 9.80. The van der Waals surface area contributed by atoms with E-state index < -0.39 is 6.10 Å². The van der Waals surface area contributed by atoms with Gasteiger partial charge in [0.05, 0.1) is 13.2 Å². The Morgan fingerprint density at radius 2 is 1.16 bits per heavy atom. The number of carbonyl (C=O) groups excluding carboxylic acids is 1. The lowest BCUT2D eigenvalue weighted by Gasteiger charge is -2.15. The summed E-state index contributed by atoms with van der Waals surface area (Å²) in [5.41, 5.74) is 0. The molecule has 0 aromatic rings. The predicted octanol–water partition coefficient (Wildman–Crippen LogP) is 9.36. The van der Waals surface area contributed by atoms with Crippen LogP contribution in [0.1, 0.15) is 123 Å². The number of esters is 1. The van der Waals surface area contributed by atoms with Crippen LogP contribution in [0.15, 0.2) is 60.8 Å². The minimum atomic E-state index is -0.560. The van der Waals surface area contributed by atoms with Gasteiger partial charge in [-0.2, -0.15) is 0 Å². The molecule has 0 aromatic carbocycles. The van der Waals surface area contributed by atoms with Gasteiger partial charge in [0.2, 0.25) is 0 Å². The highest BCUT2D eigenvalue weighted by Crippen LogP contribution is 2.10. The topological polar surface area (TPSA) is 55.8 Å². The molecule has 0 spiro atoms. The maximum atomic E-state index is 12.0. The molecule has 0 saturated heterocycles. The monoisotopic (exact) mass is 530 g/mol. The van der Waals surface area contributed by atoms with Crippen LogP contribution in [0.25, 0.3) is 0 Å². The first kappa shape index (κ1) is 36.1. The molecule has 0 rings (SSSR count). The molecule has 4 heteroatoms. The lowest BCUT2D eigenvalue weighted by molar-refractivity contribution is -0.154. The highest BCUT2D eigenvalue weighted by atomic mass is 16.6. The summed E-state index contributed by atoms with van der Waals surface area (Å²) in [7, 11) is 0. The first-order valence-corrected chi connectivity index (χ1v) is 15.4. The molecular formula is C34H58O4. The van der Waals surface area contributed by atoms with E-state index in [9.17, 15) is 9.90 Å². The Morgan fingerprint density at radius 3 is 1.68 bits per heavy atom. The van der Waals surface area contributed by atoms with Crippen molar-refractivity contribution >= 4 is 5.97 Å². The van der Waals surface area contributed by atoms with Gasteiger partial charge in [-0.1, -0.05) is 126 Å². The van der Waals surface area contributed by atoms with Crippen LogP contribution in [-0.2, 0) is 14.3 Å². The Morgan fingerprint density at radius 1 is 0.658 bits per heavy atom. The first-order valence-electron chi connectivity index (χ1n) is 15.4. The molecule has 0 amide bonds. The second kappa shape index (κ2) is 31.3. The summed E-state index contributed by atoms with van der Waals surface area (Å²) in [6.45, 7) is 5.13. The number of allylic oxidation sites excluding steroid dienone is 10. The number of rotatable bonds is 27. The van der Waals surface area contributed by atoms with Crippen molar-refractivity contribution in [1.29, 1.82) is 0 Å². The normalized spacial score (nSPS) is 13.2. The Bertz CT molecular complexity index is 645. The summed E-state index contributed by atoms with van der Waals surface area (Å²) < 4.78 is 11.0. The van der Waals surface area contributed by atoms with Crippen molar-refractivity contribution in [1.82, 2.24) is 0 Å². The summed E-state index contributed by atoms with van der Waals surface area (Å²) in [5, 5.41) is 9.47. The van der Waals surface area contributed by atoms with Gasteiger partial charge in [-0.15, -0.1) is 0 Å². The summed E-state index contributed by atoms with van der Waals surface area (Å²) in [6.07, 6.45) is 39.6. The summed E-state index contributed by atoms with van der Waals surface area (Å²) in [4.78, 5) is 12.0. The highest BCUT2D eigenvalue weighted by Gasteiger charge is 2.13. The average molecular weight is 531 g/mol. The molecule has 0 fully saturated rings. The number of unbranched alkanes of at least 4 members (excludes halogenated alkanes) is 9. The van der Waals surface area contributed by atoms with Crippen LogP contribution < -0.4 is 0 Å². The summed E-state index contributed by atoms with van der Waals surface area (Å²) in [5.74, 6) is -0.261. The molecule has 1 atom stereocenters. The van der Waals surface area contributed by atoms with Gasteiger partial charge in [-0.05, 0) is 51.4 Å². The van der Waals surface area contributed by atoms with Crippen LogP contribution in [0.2, 0.25) is 0 Å². The van der Waals surface area contributed by atoms with E-state index in [1.807, 2.05) is 0 Å². The Kier molecular flexibility index (Phi) is 29.7. The van der Waals surface area contributed by atoms with Crippen molar-refractivity contribution in [3.8, 4) is 0 Å². The van der Waals surface area contributed by atoms with Gasteiger partial charge in [-0.3, -0.25) is 4.79 Å². The second-order valence-corrected chi connectivity index (χ2v) is 9.80. The van der Waals surface area contributed by atoms with E-state index >= 15 is 0 Å². The number of ether oxygens (including phenoxy) is 2. The van der Waals surface area contributed by atoms with Crippen molar-refractivity contribution in [2.45, 2.75) is 129 Å². The van der Waals surface area contributed by atoms with Crippen molar-refractivity contribution in [2.24, 2.45) is 0 Å². The largest absolute Gasteiger partial charge is 0.457 e. The average Bonchev–Trinajstić information content (AvgIpc) is 2.92. The van der Waals surface area contributed by atoms with E-state index in [0.29, 0.717) is 13.0 Å². The SMILES string of the molecule is CC/C=C\C/C=C\C/C=C\C/C=C\C/C=C\CCCC(=O)OC(CO)COCCCCCCCCCCC. The number of aliphatic hydroxyl groups excluding tert-OH is 1. The molecule has 4 nitrogen and oxygen atoms in total. The Balaban J connectivity index is 3.64. The van der Waals surface area contributed by atoms with Crippen LogP contribution >= 0.6 is 0 Å². The molecule has 0 radical (unpaired) electrons. The zero-order valence-corrected chi connectivity index (χ0v) is 24.7. The molecule has 0 bridgehead atoms. The molecule has 0 aliphatic heterocycles. The molecule has 0 heterocycles. The van der Waals surface area contributed by atoms with Gasteiger partial charge >= 0.3 is 5.97 Å². The van der Waals surface area contributed by atoms with E-state index in [1.165, 1.54) is 51.4 Å². The van der Waals surface area contributed by atoms with E-state index in [2.05, 4.69) is 74.6 Å². The molecule has 0 aliphatic rings. The maximum Gasteiger partial charge on any atom is 0.306 e. The molecule has 1 unspecified atom stereocenters. The fraction of sp³-hybridized carbons (Fsp3) is 0.676. The quantitative estimate of drug-likeness (QED) is 0.0653. The molecule has 0 aliphatic carbocycles. The van der Waals surface area contributed by atoms with Gasteiger partial charge in [-0.25, -0.2) is 0 Å². The fourth-order valence-corrected chi connectivity index (χ4v) is 3.83. The smallest absolute Gasteiger partial charge is 0.306 e. The van der Waals surface area contributed by atoms with Crippen LogP contribution in [0.5, 0.6) is 0 Å². The number of hydrogen-bond acceptors (Lipinski definition) is 4. The van der Waals surface area contributed by atoms with Gasteiger partial charge in [0, 0.05) is 13.0 Å². The molecular weight excluding hydrogens is 472 g/mol. The van der Waals surface area contributed by atoms with Crippen LogP contribution in [0, 0.1) is 0 Å². The maximum absolute atomic E-state index is 12.0. The predicted molar refractivity (Wildman–Crippen MR) is 163 cm³/mol. The zero-order chi connectivity index (χ0) is 27.8. The third-order valence-corrected chi connectivity index (χ3v) is 6.11. The highest BCUT2D eigenvalue weighted by molar-refractivity contribution is 5.69. The Hall–Kier alpha value is -1.91. The summed E-state index contributed by atoms with van der Waals surface area (Å²) >= 11 is 0.